The van der Waals surface area contributed by atoms with E-state index in [1.54, 1.807) is 49.8 Å². The monoisotopic (exact) mass is 523 g/mol. The number of aromatic nitrogens is 3. The zero-order valence-electron chi connectivity index (χ0n) is 20.5. The predicted octanol–water partition coefficient (Wildman–Crippen LogP) is 5.89. The molecule has 2 heterocycles. The van der Waals surface area contributed by atoms with Crippen molar-refractivity contribution in [1.82, 2.24) is 15.0 Å². The van der Waals surface area contributed by atoms with E-state index in [-0.39, 0.29) is 5.56 Å². The molecule has 196 valence electrons. The Morgan fingerprint density at radius 3 is 2.58 bits per heavy atom. The standard InChI is InChI=1S/C27H24F3N5O3/c1-17-6-8-21(33-25(36)18-4-3-5-20(14-18)27(28,29)30)15-23(17)35-26-31-11-10-22(34-26)19-7-9-24(32-16-19)38-13-12-37-2/h3-11,14-16H,12-13H2,1-2H3,(H,33,36)(H,31,34,35). The van der Waals surface area contributed by atoms with Gasteiger partial charge >= 0.3 is 6.18 Å². The maximum Gasteiger partial charge on any atom is 0.416 e. The third-order valence-electron chi connectivity index (χ3n) is 5.42. The van der Waals surface area contributed by atoms with Crippen LogP contribution in [0.4, 0.5) is 30.5 Å². The van der Waals surface area contributed by atoms with E-state index in [9.17, 15) is 18.0 Å². The summed E-state index contributed by atoms with van der Waals surface area (Å²) in [5.41, 5.74) is 2.24. The molecule has 0 saturated heterocycles. The van der Waals surface area contributed by atoms with E-state index in [1.807, 2.05) is 13.0 Å². The van der Waals surface area contributed by atoms with Crippen molar-refractivity contribution >= 4 is 23.2 Å². The molecule has 2 aromatic carbocycles. The van der Waals surface area contributed by atoms with Gasteiger partial charge in [-0.15, -0.1) is 0 Å². The van der Waals surface area contributed by atoms with Crippen LogP contribution in [-0.4, -0.2) is 41.2 Å². The van der Waals surface area contributed by atoms with Crippen LogP contribution in [0.25, 0.3) is 11.3 Å². The quantitative estimate of drug-likeness (QED) is 0.264. The molecule has 0 atom stereocenters. The number of anilines is 3. The average molecular weight is 524 g/mol. The van der Waals surface area contributed by atoms with Gasteiger partial charge in [0.05, 0.1) is 17.9 Å². The predicted molar refractivity (Wildman–Crippen MR) is 136 cm³/mol. The molecule has 38 heavy (non-hydrogen) atoms. The van der Waals surface area contributed by atoms with E-state index in [4.69, 9.17) is 9.47 Å². The third-order valence-corrected chi connectivity index (χ3v) is 5.42. The topological polar surface area (TPSA) is 98.3 Å². The summed E-state index contributed by atoms with van der Waals surface area (Å²) in [6, 6.07) is 14.6. The molecule has 2 aromatic heterocycles. The Hall–Kier alpha value is -4.51. The molecule has 0 unspecified atom stereocenters. The van der Waals surface area contributed by atoms with E-state index in [2.05, 4.69) is 25.6 Å². The fourth-order valence-corrected chi connectivity index (χ4v) is 3.42. The normalized spacial score (nSPS) is 11.2. The van der Waals surface area contributed by atoms with Crippen LogP contribution in [-0.2, 0) is 10.9 Å². The zero-order chi connectivity index (χ0) is 27.1. The smallest absolute Gasteiger partial charge is 0.416 e. The molecule has 0 bridgehead atoms. The summed E-state index contributed by atoms with van der Waals surface area (Å²) in [4.78, 5) is 25.7. The molecule has 0 spiro atoms. The van der Waals surface area contributed by atoms with E-state index in [0.717, 1.165) is 23.3 Å². The number of ether oxygens (including phenoxy) is 2. The minimum absolute atomic E-state index is 0.102. The highest BCUT2D eigenvalue weighted by molar-refractivity contribution is 6.04. The highest BCUT2D eigenvalue weighted by atomic mass is 19.4. The second kappa shape index (κ2) is 11.7. The number of nitrogens with one attached hydrogen (secondary N) is 2. The lowest BCUT2D eigenvalue weighted by Crippen LogP contribution is -2.14. The van der Waals surface area contributed by atoms with Crippen molar-refractivity contribution in [2.24, 2.45) is 0 Å². The number of pyridine rings is 1. The number of amides is 1. The molecule has 0 aliphatic rings. The Balaban J connectivity index is 1.47. The molecule has 1 amide bonds. The van der Waals surface area contributed by atoms with E-state index in [1.165, 1.54) is 12.1 Å². The number of carbonyl (C=O) groups is 1. The first-order valence-electron chi connectivity index (χ1n) is 11.5. The molecule has 0 saturated carbocycles. The number of carbonyl (C=O) groups excluding carboxylic acids is 1. The minimum Gasteiger partial charge on any atom is -0.475 e. The van der Waals surface area contributed by atoms with Crippen LogP contribution in [0.5, 0.6) is 5.88 Å². The largest absolute Gasteiger partial charge is 0.475 e. The molecule has 0 aliphatic heterocycles. The van der Waals surface area contributed by atoms with Crippen LogP contribution in [0, 0.1) is 6.92 Å². The SMILES string of the molecule is COCCOc1ccc(-c2ccnc(Nc3cc(NC(=O)c4cccc(C(F)(F)F)c4)ccc3C)n2)cn1. The van der Waals surface area contributed by atoms with Gasteiger partial charge in [0.2, 0.25) is 11.8 Å². The highest BCUT2D eigenvalue weighted by Gasteiger charge is 2.30. The second-order valence-electron chi connectivity index (χ2n) is 8.18. The Bertz CT molecular complexity index is 1410. The van der Waals surface area contributed by atoms with Gasteiger partial charge in [0, 0.05) is 48.1 Å². The van der Waals surface area contributed by atoms with E-state index in [0.29, 0.717) is 42.1 Å². The van der Waals surface area contributed by atoms with Crippen molar-refractivity contribution < 1.29 is 27.4 Å². The number of halogens is 3. The van der Waals surface area contributed by atoms with Crippen LogP contribution in [0.15, 0.2) is 73.1 Å². The summed E-state index contributed by atoms with van der Waals surface area (Å²) in [6.07, 6.45) is -1.30. The Labute approximate surface area is 216 Å². The summed E-state index contributed by atoms with van der Waals surface area (Å²) < 4.78 is 49.5. The molecule has 2 N–H and O–H groups in total. The number of nitrogens with zero attached hydrogens (tertiary/aromatic N) is 3. The summed E-state index contributed by atoms with van der Waals surface area (Å²) in [7, 11) is 1.59. The van der Waals surface area contributed by atoms with Crippen LogP contribution in [0.1, 0.15) is 21.5 Å². The maximum atomic E-state index is 13.0. The first-order chi connectivity index (χ1) is 18.2. The molecular formula is C27H24F3N5O3. The van der Waals surface area contributed by atoms with Crippen molar-refractivity contribution in [3.8, 4) is 17.1 Å². The summed E-state index contributed by atoms with van der Waals surface area (Å²) in [5.74, 6) is 0.122. The van der Waals surface area contributed by atoms with Gasteiger partial charge in [-0.1, -0.05) is 12.1 Å². The molecule has 4 rings (SSSR count). The average Bonchev–Trinajstić information content (AvgIpc) is 2.91. The van der Waals surface area contributed by atoms with Gasteiger partial charge in [0.1, 0.15) is 6.61 Å². The van der Waals surface area contributed by atoms with Crippen LogP contribution in [0.2, 0.25) is 0 Å². The zero-order valence-corrected chi connectivity index (χ0v) is 20.5. The number of alkyl halides is 3. The van der Waals surface area contributed by atoms with Crippen molar-refractivity contribution in [2.45, 2.75) is 13.1 Å². The molecule has 4 aromatic rings. The van der Waals surface area contributed by atoms with Crippen LogP contribution < -0.4 is 15.4 Å². The molecule has 0 fully saturated rings. The van der Waals surface area contributed by atoms with E-state index < -0.39 is 17.6 Å². The van der Waals surface area contributed by atoms with Crippen molar-refractivity contribution in [3.63, 3.8) is 0 Å². The van der Waals surface area contributed by atoms with E-state index >= 15 is 0 Å². The molecule has 0 aliphatic carbocycles. The fourth-order valence-electron chi connectivity index (χ4n) is 3.42. The van der Waals surface area contributed by atoms with Gasteiger partial charge < -0.3 is 20.1 Å². The second-order valence-corrected chi connectivity index (χ2v) is 8.18. The Morgan fingerprint density at radius 2 is 1.84 bits per heavy atom. The van der Waals surface area contributed by atoms with Gasteiger partial charge in [0.15, 0.2) is 0 Å². The highest BCUT2D eigenvalue weighted by Crippen LogP contribution is 2.30. The number of rotatable bonds is 9. The minimum atomic E-state index is -4.54. The van der Waals surface area contributed by atoms with Gasteiger partial charge in [-0.3, -0.25) is 4.79 Å². The lowest BCUT2D eigenvalue weighted by molar-refractivity contribution is -0.137. The Kier molecular flexibility index (Phi) is 8.17. The molecule has 0 radical (unpaired) electrons. The van der Waals surface area contributed by atoms with Crippen molar-refractivity contribution in [3.05, 3.63) is 89.7 Å². The third kappa shape index (κ3) is 6.83. The van der Waals surface area contributed by atoms with Gasteiger partial charge in [-0.05, 0) is 55.0 Å². The summed E-state index contributed by atoms with van der Waals surface area (Å²) in [5, 5.41) is 5.77. The molecule has 11 heteroatoms. The lowest BCUT2D eigenvalue weighted by atomic mass is 10.1. The van der Waals surface area contributed by atoms with Crippen molar-refractivity contribution in [1.29, 1.82) is 0 Å². The fraction of sp³-hybridized carbons (Fsp3) is 0.185. The lowest BCUT2D eigenvalue weighted by Gasteiger charge is -2.13. The summed E-state index contributed by atoms with van der Waals surface area (Å²) >= 11 is 0. The number of hydrogen-bond donors (Lipinski definition) is 2. The maximum absolute atomic E-state index is 13.0. The number of hydrogen-bond acceptors (Lipinski definition) is 7. The van der Waals surface area contributed by atoms with Gasteiger partial charge in [-0.25, -0.2) is 15.0 Å². The molecular weight excluding hydrogens is 499 g/mol. The Morgan fingerprint density at radius 1 is 1.00 bits per heavy atom. The first kappa shape index (κ1) is 26.6. The number of methoxy groups -OCH3 is 1. The number of aryl methyl sites for hydroxylation is 1. The van der Waals surface area contributed by atoms with Crippen LogP contribution >= 0.6 is 0 Å². The van der Waals surface area contributed by atoms with Crippen LogP contribution in [0.3, 0.4) is 0 Å². The molecule has 8 nitrogen and oxygen atoms in total. The van der Waals surface area contributed by atoms with Gasteiger partial charge in [-0.2, -0.15) is 13.2 Å². The summed E-state index contributed by atoms with van der Waals surface area (Å²) in [6.45, 7) is 2.71. The number of benzene rings is 2. The first-order valence-corrected chi connectivity index (χ1v) is 11.5. The van der Waals surface area contributed by atoms with Crippen molar-refractivity contribution in [2.75, 3.05) is 31.0 Å². The van der Waals surface area contributed by atoms with Gasteiger partial charge in [0.25, 0.3) is 5.91 Å².